The van der Waals surface area contributed by atoms with Crippen LogP contribution in [0.25, 0.3) is 0 Å². The van der Waals surface area contributed by atoms with Gasteiger partial charge in [0.25, 0.3) is 0 Å². The van der Waals surface area contributed by atoms with Crippen molar-refractivity contribution < 1.29 is 4.79 Å². The summed E-state index contributed by atoms with van der Waals surface area (Å²) in [6.45, 7) is 0. The van der Waals surface area contributed by atoms with Crippen molar-refractivity contribution in [2.24, 2.45) is 28.9 Å². The van der Waals surface area contributed by atoms with Crippen molar-refractivity contribution in [3.05, 3.63) is 0 Å². The topological polar surface area (TPSA) is 55.1 Å². The molecule has 4 bridgehead atoms. The molecule has 4 rings (SSSR count). The standard InChI is InChI=1S/C13H22N2O/c1-15-11-4-9-2-8-3-10(11)7-13(5-8,6-9)12(14)16/h8-11,15H,2-7H2,1H3,(H2,14,16). The highest BCUT2D eigenvalue weighted by Crippen LogP contribution is 2.57. The smallest absolute Gasteiger partial charge is 0.223 e. The molecule has 1 amide bonds. The van der Waals surface area contributed by atoms with Gasteiger partial charge in [0.05, 0.1) is 0 Å². The quantitative estimate of drug-likeness (QED) is 0.739. The first kappa shape index (κ1) is 10.6. The molecule has 0 aromatic carbocycles. The number of carbonyl (C=O) groups is 1. The number of primary amides is 1. The van der Waals surface area contributed by atoms with E-state index in [0.29, 0.717) is 12.0 Å². The molecule has 0 aromatic rings. The van der Waals surface area contributed by atoms with E-state index in [4.69, 9.17) is 5.73 Å². The average molecular weight is 222 g/mol. The molecule has 4 aliphatic carbocycles. The minimum atomic E-state index is -0.137. The predicted molar refractivity (Wildman–Crippen MR) is 62.6 cm³/mol. The zero-order chi connectivity index (χ0) is 11.3. The summed E-state index contributed by atoms with van der Waals surface area (Å²) in [5.41, 5.74) is 5.55. The van der Waals surface area contributed by atoms with Crippen LogP contribution < -0.4 is 11.1 Å². The Hall–Kier alpha value is -0.570. The number of carbonyl (C=O) groups excluding carboxylic acids is 1. The number of hydrogen-bond donors (Lipinski definition) is 2. The Morgan fingerprint density at radius 2 is 1.88 bits per heavy atom. The highest BCUT2D eigenvalue weighted by Gasteiger charge is 2.53. The average Bonchev–Trinajstić information content (AvgIpc) is 2.41. The molecule has 3 heteroatoms. The fourth-order valence-electron chi connectivity index (χ4n) is 4.88. The minimum Gasteiger partial charge on any atom is -0.369 e. The van der Waals surface area contributed by atoms with E-state index < -0.39 is 0 Å². The monoisotopic (exact) mass is 222 g/mol. The third kappa shape index (κ3) is 1.41. The third-order valence-corrected chi connectivity index (χ3v) is 5.36. The Morgan fingerprint density at radius 1 is 1.19 bits per heavy atom. The number of fused-ring (bicyclic) bond motifs is 1. The molecular weight excluding hydrogens is 200 g/mol. The van der Waals surface area contributed by atoms with Crippen molar-refractivity contribution in [1.29, 1.82) is 0 Å². The zero-order valence-corrected chi connectivity index (χ0v) is 10.0. The van der Waals surface area contributed by atoms with E-state index in [1.807, 2.05) is 0 Å². The van der Waals surface area contributed by atoms with Crippen LogP contribution in [0.4, 0.5) is 0 Å². The first-order valence-corrected chi connectivity index (χ1v) is 6.60. The third-order valence-electron chi connectivity index (χ3n) is 5.36. The van der Waals surface area contributed by atoms with Crippen molar-refractivity contribution in [2.75, 3.05) is 7.05 Å². The minimum absolute atomic E-state index is 0.0244. The Bertz CT molecular complexity index is 317. The lowest BCUT2D eigenvalue weighted by atomic mass is 9.58. The number of nitrogens with two attached hydrogens (primary N) is 1. The second-order valence-corrected chi connectivity index (χ2v) is 6.35. The maximum atomic E-state index is 11.8. The van der Waals surface area contributed by atoms with Gasteiger partial charge < -0.3 is 11.1 Å². The van der Waals surface area contributed by atoms with Gasteiger partial charge in [-0.1, -0.05) is 0 Å². The molecule has 0 spiro atoms. The lowest BCUT2D eigenvalue weighted by molar-refractivity contribution is -0.135. The van der Waals surface area contributed by atoms with Crippen LogP contribution in [0, 0.1) is 23.2 Å². The molecule has 4 aliphatic rings. The van der Waals surface area contributed by atoms with E-state index in [0.717, 1.165) is 31.1 Å². The predicted octanol–water partition coefficient (Wildman–Crippen LogP) is 1.28. The SMILES string of the molecule is CNC1CC2CC3CC1CC(C(N)=O)(C3)C2. The van der Waals surface area contributed by atoms with Gasteiger partial charge in [-0.25, -0.2) is 0 Å². The van der Waals surface area contributed by atoms with Gasteiger partial charge >= 0.3 is 0 Å². The lowest BCUT2D eigenvalue weighted by Gasteiger charge is -2.46. The second-order valence-electron chi connectivity index (χ2n) is 6.35. The van der Waals surface area contributed by atoms with Crippen LogP contribution in [0.2, 0.25) is 0 Å². The molecule has 3 nitrogen and oxygen atoms in total. The summed E-state index contributed by atoms with van der Waals surface area (Å²) in [5, 5.41) is 3.46. The summed E-state index contributed by atoms with van der Waals surface area (Å²) in [7, 11) is 2.06. The summed E-state index contributed by atoms with van der Waals surface area (Å²) >= 11 is 0. The lowest BCUT2D eigenvalue weighted by Crippen LogP contribution is -2.47. The highest BCUT2D eigenvalue weighted by molar-refractivity contribution is 5.81. The van der Waals surface area contributed by atoms with Gasteiger partial charge in [0, 0.05) is 11.5 Å². The molecule has 0 saturated heterocycles. The first-order chi connectivity index (χ1) is 7.63. The Labute approximate surface area is 97.2 Å². The van der Waals surface area contributed by atoms with Gasteiger partial charge in [0.15, 0.2) is 0 Å². The van der Waals surface area contributed by atoms with Gasteiger partial charge in [-0.15, -0.1) is 0 Å². The Morgan fingerprint density at radius 3 is 2.50 bits per heavy atom. The van der Waals surface area contributed by atoms with Crippen LogP contribution in [0.5, 0.6) is 0 Å². The van der Waals surface area contributed by atoms with Crippen LogP contribution in [0.3, 0.4) is 0 Å². The Kier molecular flexibility index (Phi) is 2.29. The molecule has 16 heavy (non-hydrogen) atoms. The first-order valence-electron chi connectivity index (χ1n) is 6.60. The van der Waals surface area contributed by atoms with Crippen molar-refractivity contribution >= 4 is 5.91 Å². The van der Waals surface area contributed by atoms with Crippen molar-refractivity contribution in [3.8, 4) is 0 Å². The number of nitrogens with one attached hydrogen (secondary N) is 1. The number of amides is 1. The largest absolute Gasteiger partial charge is 0.369 e. The normalized spacial score (nSPS) is 50.3. The van der Waals surface area contributed by atoms with Crippen molar-refractivity contribution in [2.45, 2.75) is 44.6 Å². The maximum absolute atomic E-state index is 11.8. The molecule has 5 atom stereocenters. The van der Waals surface area contributed by atoms with E-state index in [-0.39, 0.29) is 11.3 Å². The van der Waals surface area contributed by atoms with Crippen LogP contribution in [-0.2, 0) is 4.79 Å². The van der Waals surface area contributed by atoms with E-state index in [1.54, 1.807) is 0 Å². The van der Waals surface area contributed by atoms with Crippen molar-refractivity contribution in [1.82, 2.24) is 5.32 Å². The fraction of sp³-hybridized carbons (Fsp3) is 0.923. The summed E-state index contributed by atoms with van der Waals surface area (Å²) in [5.74, 6) is 2.16. The molecule has 5 unspecified atom stereocenters. The van der Waals surface area contributed by atoms with E-state index in [2.05, 4.69) is 12.4 Å². The highest BCUT2D eigenvalue weighted by atomic mass is 16.1. The number of rotatable bonds is 2. The molecule has 0 aliphatic heterocycles. The van der Waals surface area contributed by atoms with E-state index in [9.17, 15) is 4.79 Å². The van der Waals surface area contributed by atoms with Gasteiger partial charge in [-0.3, -0.25) is 4.79 Å². The summed E-state index contributed by atoms with van der Waals surface area (Å²) in [6, 6.07) is 0.622. The molecule has 3 N–H and O–H groups in total. The van der Waals surface area contributed by atoms with E-state index >= 15 is 0 Å². The van der Waals surface area contributed by atoms with Gasteiger partial charge in [-0.05, 0) is 63.3 Å². The molecule has 4 fully saturated rings. The summed E-state index contributed by atoms with van der Waals surface area (Å²) in [6.07, 6.45) is 7.09. The van der Waals surface area contributed by atoms with Crippen LogP contribution in [-0.4, -0.2) is 19.0 Å². The van der Waals surface area contributed by atoms with Crippen LogP contribution in [0.1, 0.15) is 38.5 Å². The molecule has 0 heterocycles. The fourth-order valence-corrected chi connectivity index (χ4v) is 4.88. The second kappa shape index (κ2) is 3.46. The zero-order valence-electron chi connectivity index (χ0n) is 10.0. The van der Waals surface area contributed by atoms with Gasteiger partial charge in [0.2, 0.25) is 5.91 Å². The maximum Gasteiger partial charge on any atom is 0.223 e. The summed E-state index contributed by atoms with van der Waals surface area (Å²) in [4.78, 5) is 11.8. The number of hydrogen-bond acceptors (Lipinski definition) is 2. The van der Waals surface area contributed by atoms with Gasteiger partial charge in [-0.2, -0.15) is 0 Å². The van der Waals surface area contributed by atoms with Crippen LogP contribution >= 0.6 is 0 Å². The Balaban J connectivity index is 1.95. The van der Waals surface area contributed by atoms with Crippen LogP contribution in [0.15, 0.2) is 0 Å². The van der Waals surface area contributed by atoms with Gasteiger partial charge in [0.1, 0.15) is 0 Å². The van der Waals surface area contributed by atoms with Crippen molar-refractivity contribution in [3.63, 3.8) is 0 Å². The molecular formula is C13H22N2O. The molecule has 0 radical (unpaired) electrons. The van der Waals surface area contributed by atoms with E-state index in [1.165, 1.54) is 19.3 Å². The molecule has 0 aromatic heterocycles. The summed E-state index contributed by atoms with van der Waals surface area (Å²) < 4.78 is 0. The molecule has 4 saturated carbocycles. The molecule has 90 valence electrons.